The Hall–Kier alpha value is -1.02. The fourth-order valence-corrected chi connectivity index (χ4v) is 2.15. The lowest BCUT2D eigenvalue weighted by Crippen LogP contribution is -2.06. The van der Waals surface area contributed by atoms with E-state index in [9.17, 15) is 0 Å². The Labute approximate surface area is 90.2 Å². The van der Waals surface area contributed by atoms with Gasteiger partial charge in [0, 0.05) is 0 Å². The monoisotopic (exact) mass is 204 g/mol. The summed E-state index contributed by atoms with van der Waals surface area (Å²) in [7, 11) is 0. The van der Waals surface area contributed by atoms with Crippen molar-refractivity contribution < 1.29 is 9.47 Å². The minimum Gasteiger partial charge on any atom is -0.491 e. The molecule has 1 heterocycles. The second-order valence-corrected chi connectivity index (χ2v) is 4.40. The summed E-state index contributed by atoms with van der Waals surface area (Å²) < 4.78 is 10.8. The van der Waals surface area contributed by atoms with Gasteiger partial charge in [-0.2, -0.15) is 0 Å². The molecular formula is C13H16O2. The van der Waals surface area contributed by atoms with Crippen LogP contribution in [0.25, 0.3) is 0 Å². The first-order valence-electron chi connectivity index (χ1n) is 5.78. The van der Waals surface area contributed by atoms with Crippen molar-refractivity contribution in [3.8, 4) is 5.75 Å². The summed E-state index contributed by atoms with van der Waals surface area (Å²) in [6.07, 6.45) is 5.46. The number of fused-ring (bicyclic) bond motifs is 1. The fraction of sp³-hybridized carbons (Fsp3) is 0.538. The Morgan fingerprint density at radius 2 is 2.00 bits per heavy atom. The molecule has 2 aliphatic rings. The highest BCUT2D eigenvalue weighted by Gasteiger charge is 2.23. The number of benzene rings is 1. The molecule has 1 saturated heterocycles. The third kappa shape index (κ3) is 2.15. The molecule has 1 aliphatic heterocycles. The smallest absolute Gasteiger partial charge is 0.119 e. The van der Waals surface area contributed by atoms with Crippen molar-refractivity contribution in [2.24, 2.45) is 0 Å². The van der Waals surface area contributed by atoms with Gasteiger partial charge in [-0.15, -0.1) is 0 Å². The van der Waals surface area contributed by atoms with Crippen LogP contribution >= 0.6 is 0 Å². The molecule has 2 heteroatoms. The van der Waals surface area contributed by atoms with E-state index in [0.717, 1.165) is 12.4 Å². The molecule has 1 atom stereocenters. The van der Waals surface area contributed by atoms with Crippen LogP contribution in [0.4, 0.5) is 0 Å². The molecule has 0 saturated carbocycles. The molecule has 3 rings (SSSR count). The summed E-state index contributed by atoms with van der Waals surface area (Å²) >= 11 is 0. The van der Waals surface area contributed by atoms with E-state index in [-0.39, 0.29) is 0 Å². The van der Waals surface area contributed by atoms with Gasteiger partial charge in [-0.05, 0) is 48.9 Å². The molecule has 15 heavy (non-hydrogen) atoms. The SMILES string of the molecule is c1cc2c(cc1OC[C@@H]1CO1)CCCC2. The van der Waals surface area contributed by atoms with E-state index < -0.39 is 0 Å². The molecule has 0 aromatic heterocycles. The second kappa shape index (κ2) is 3.86. The number of ether oxygens (including phenoxy) is 2. The first kappa shape index (κ1) is 9.22. The van der Waals surface area contributed by atoms with E-state index in [4.69, 9.17) is 9.47 Å². The molecule has 0 amide bonds. The van der Waals surface area contributed by atoms with Gasteiger partial charge in [0.15, 0.2) is 0 Å². The van der Waals surface area contributed by atoms with Crippen molar-refractivity contribution in [2.45, 2.75) is 31.8 Å². The summed E-state index contributed by atoms with van der Waals surface area (Å²) in [6, 6.07) is 6.51. The van der Waals surface area contributed by atoms with Crippen molar-refractivity contribution >= 4 is 0 Å². The summed E-state index contributed by atoms with van der Waals surface area (Å²) in [5.74, 6) is 1.01. The van der Waals surface area contributed by atoms with Gasteiger partial charge in [-0.1, -0.05) is 6.07 Å². The summed E-state index contributed by atoms with van der Waals surface area (Å²) in [5, 5.41) is 0. The average Bonchev–Trinajstić information content (AvgIpc) is 3.10. The normalized spacial score (nSPS) is 23.3. The molecule has 0 bridgehead atoms. The van der Waals surface area contributed by atoms with E-state index in [1.54, 1.807) is 0 Å². The van der Waals surface area contributed by atoms with Crippen LogP contribution in [0.2, 0.25) is 0 Å². The van der Waals surface area contributed by atoms with E-state index in [1.165, 1.54) is 36.8 Å². The summed E-state index contributed by atoms with van der Waals surface area (Å²) in [5.41, 5.74) is 2.99. The quantitative estimate of drug-likeness (QED) is 0.705. The average molecular weight is 204 g/mol. The lowest BCUT2D eigenvalue weighted by Gasteiger charge is -2.16. The maximum absolute atomic E-state index is 5.67. The maximum atomic E-state index is 5.67. The Balaban J connectivity index is 1.71. The zero-order chi connectivity index (χ0) is 10.1. The minimum atomic E-state index is 0.348. The molecule has 2 nitrogen and oxygen atoms in total. The van der Waals surface area contributed by atoms with E-state index in [2.05, 4.69) is 18.2 Å². The maximum Gasteiger partial charge on any atom is 0.119 e. The standard InChI is InChI=1S/C13H16O2/c1-2-4-11-7-12(6-5-10(11)3-1)14-8-13-9-15-13/h5-7,13H,1-4,8-9H2/t13-/m1/s1. The van der Waals surface area contributed by atoms with E-state index in [1.807, 2.05) is 0 Å². The van der Waals surface area contributed by atoms with Gasteiger partial charge in [-0.25, -0.2) is 0 Å². The molecule has 1 aromatic carbocycles. The molecule has 0 radical (unpaired) electrons. The van der Waals surface area contributed by atoms with Crippen LogP contribution < -0.4 is 4.74 Å². The van der Waals surface area contributed by atoms with E-state index in [0.29, 0.717) is 12.7 Å². The van der Waals surface area contributed by atoms with Gasteiger partial charge in [-0.3, -0.25) is 0 Å². The van der Waals surface area contributed by atoms with Crippen LogP contribution in [-0.2, 0) is 17.6 Å². The lowest BCUT2D eigenvalue weighted by atomic mass is 9.92. The minimum absolute atomic E-state index is 0.348. The van der Waals surface area contributed by atoms with Crippen LogP contribution in [0.1, 0.15) is 24.0 Å². The lowest BCUT2D eigenvalue weighted by molar-refractivity contribution is 0.262. The highest BCUT2D eigenvalue weighted by molar-refractivity contribution is 5.37. The second-order valence-electron chi connectivity index (χ2n) is 4.40. The van der Waals surface area contributed by atoms with Crippen molar-refractivity contribution in [3.63, 3.8) is 0 Å². The summed E-state index contributed by atoms with van der Waals surface area (Å²) in [6.45, 7) is 1.57. The molecule has 80 valence electrons. The molecule has 0 N–H and O–H groups in total. The van der Waals surface area contributed by atoms with Crippen molar-refractivity contribution in [2.75, 3.05) is 13.2 Å². The predicted molar refractivity (Wildman–Crippen MR) is 58.3 cm³/mol. The Kier molecular flexibility index (Phi) is 2.37. The van der Waals surface area contributed by atoms with Gasteiger partial charge in [0.2, 0.25) is 0 Å². The van der Waals surface area contributed by atoms with Gasteiger partial charge in [0.05, 0.1) is 6.61 Å². The highest BCUT2D eigenvalue weighted by Crippen LogP contribution is 2.25. The fourth-order valence-electron chi connectivity index (χ4n) is 2.15. The van der Waals surface area contributed by atoms with Crippen LogP contribution in [0.3, 0.4) is 0 Å². The number of hydrogen-bond donors (Lipinski definition) is 0. The molecule has 0 unspecified atom stereocenters. The number of rotatable bonds is 3. The molecule has 1 aromatic rings. The van der Waals surface area contributed by atoms with Crippen LogP contribution in [0.15, 0.2) is 18.2 Å². The number of aryl methyl sites for hydroxylation is 2. The Morgan fingerprint density at radius 3 is 2.80 bits per heavy atom. The molecule has 1 aliphatic carbocycles. The highest BCUT2D eigenvalue weighted by atomic mass is 16.6. The van der Waals surface area contributed by atoms with Gasteiger partial charge in [0.25, 0.3) is 0 Å². The van der Waals surface area contributed by atoms with Crippen molar-refractivity contribution in [1.82, 2.24) is 0 Å². The molecular weight excluding hydrogens is 188 g/mol. The van der Waals surface area contributed by atoms with Crippen LogP contribution in [-0.4, -0.2) is 19.3 Å². The van der Waals surface area contributed by atoms with E-state index >= 15 is 0 Å². The van der Waals surface area contributed by atoms with Gasteiger partial charge >= 0.3 is 0 Å². The van der Waals surface area contributed by atoms with Gasteiger partial charge in [0.1, 0.15) is 18.5 Å². The third-order valence-corrected chi connectivity index (χ3v) is 3.16. The van der Waals surface area contributed by atoms with Crippen LogP contribution in [0, 0.1) is 0 Å². The Bertz CT molecular complexity index is 356. The zero-order valence-electron chi connectivity index (χ0n) is 8.87. The first-order chi connectivity index (χ1) is 7.42. The van der Waals surface area contributed by atoms with Crippen molar-refractivity contribution in [3.05, 3.63) is 29.3 Å². The Morgan fingerprint density at radius 1 is 1.20 bits per heavy atom. The topological polar surface area (TPSA) is 21.8 Å². The van der Waals surface area contributed by atoms with Crippen LogP contribution in [0.5, 0.6) is 5.75 Å². The van der Waals surface area contributed by atoms with Gasteiger partial charge < -0.3 is 9.47 Å². The molecule has 1 fully saturated rings. The summed E-state index contributed by atoms with van der Waals surface area (Å²) in [4.78, 5) is 0. The molecule has 0 spiro atoms. The number of hydrogen-bond acceptors (Lipinski definition) is 2. The zero-order valence-corrected chi connectivity index (χ0v) is 8.87. The predicted octanol–water partition coefficient (Wildman–Crippen LogP) is 2.34. The first-order valence-corrected chi connectivity index (χ1v) is 5.78. The van der Waals surface area contributed by atoms with Crippen molar-refractivity contribution in [1.29, 1.82) is 0 Å². The third-order valence-electron chi connectivity index (χ3n) is 3.16. The largest absolute Gasteiger partial charge is 0.491 e. The number of epoxide rings is 1.